The molecule has 0 spiro atoms. The zero-order chi connectivity index (χ0) is 59.9. The van der Waals surface area contributed by atoms with E-state index in [0.29, 0.717) is 19.3 Å². The van der Waals surface area contributed by atoms with Gasteiger partial charge in [-0.25, -0.2) is 0 Å². The molecule has 0 saturated heterocycles. The van der Waals surface area contributed by atoms with Gasteiger partial charge in [-0.3, -0.25) is 14.4 Å². The molecule has 83 heavy (non-hydrogen) atoms. The van der Waals surface area contributed by atoms with Crippen molar-refractivity contribution >= 4 is 17.9 Å². The number of allylic oxidation sites excluding steroid dienone is 12. The summed E-state index contributed by atoms with van der Waals surface area (Å²) in [6.07, 6.45) is 93.8. The first-order valence-corrected chi connectivity index (χ1v) is 36.4. The SMILES string of the molecule is CC/C=C\C/C=C\C/C=C\C/C=C\C/C=C\CCCCCCCCCCCCCCCCCCCCCC(=O)OCC(COC(=O)CCCCCCCCCCCCCC)OC(=O)CCCCCCCCC/C=C\CCCCCCCCC. The minimum atomic E-state index is -0.774. The van der Waals surface area contributed by atoms with E-state index in [1.54, 1.807) is 0 Å². The summed E-state index contributed by atoms with van der Waals surface area (Å²) >= 11 is 0. The van der Waals surface area contributed by atoms with Gasteiger partial charge in [0.05, 0.1) is 0 Å². The van der Waals surface area contributed by atoms with Gasteiger partial charge in [-0.1, -0.05) is 344 Å². The van der Waals surface area contributed by atoms with E-state index >= 15 is 0 Å². The molecule has 0 aliphatic carbocycles. The number of esters is 3. The lowest BCUT2D eigenvalue weighted by Gasteiger charge is -2.18. The molecule has 6 heteroatoms. The Balaban J connectivity index is 4.11. The van der Waals surface area contributed by atoms with Crippen LogP contribution in [0.15, 0.2) is 72.9 Å². The fourth-order valence-electron chi connectivity index (χ4n) is 10.8. The van der Waals surface area contributed by atoms with Crippen LogP contribution in [0.2, 0.25) is 0 Å². The van der Waals surface area contributed by atoms with E-state index in [-0.39, 0.29) is 31.1 Å². The number of rotatable bonds is 67. The largest absolute Gasteiger partial charge is 0.462 e. The summed E-state index contributed by atoms with van der Waals surface area (Å²) < 4.78 is 17.0. The van der Waals surface area contributed by atoms with E-state index in [1.807, 2.05) is 0 Å². The number of unbranched alkanes of at least 4 members (excludes halogenated alkanes) is 44. The summed E-state index contributed by atoms with van der Waals surface area (Å²) in [5, 5.41) is 0. The summed E-state index contributed by atoms with van der Waals surface area (Å²) in [6, 6.07) is 0. The molecule has 6 nitrogen and oxygen atoms in total. The van der Waals surface area contributed by atoms with Crippen LogP contribution in [-0.4, -0.2) is 37.2 Å². The second-order valence-electron chi connectivity index (χ2n) is 24.5. The lowest BCUT2D eigenvalue weighted by Crippen LogP contribution is -2.30. The molecule has 0 radical (unpaired) electrons. The lowest BCUT2D eigenvalue weighted by atomic mass is 10.0. The van der Waals surface area contributed by atoms with Crippen LogP contribution in [-0.2, 0) is 28.6 Å². The second kappa shape index (κ2) is 71.3. The Morgan fingerprint density at radius 2 is 0.470 bits per heavy atom. The first kappa shape index (κ1) is 79.8. The van der Waals surface area contributed by atoms with Gasteiger partial charge < -0.3 is 14.2 Å². The molecule has 0 aromatic heterocycles. The molecule has 0 aromatic rings. The van der Waals surface area contributed by atoms with Crippen molar-refractivity contribution in [2.45, 2.75) is 386 Å². The number of hydrogen-bond donors (Lipinski definition) is 0. The molecule has 0 saturated carbocycles. The Labute approximate surface area is 516 Å². The molecule has 0 heterocycles. The van der Waals surface area contributed by atoms with Gasteiger partial charge in [-0.05, 0) is 89.9 Å². The average Bonchev–Trinajstić information content (AvgIpc) is 3.49. The highest BCUT2D eigenvalue weighted by atomic mass is 16.6. The smallest absolute Gasteiger partial charge is 0.306 e. The quantitative estimate of drug-likeness (QED) is 0.0261. The number of carbonyl (C=O) groups excluding carboxylic acids is 3. The summed E-state index contributed by atoms with van der Waals surface area (Å²) in [7, 11) is 0. The van der Waals surface area contributed by atoms with Crippen molar-refractivity contribution in [2.75, 3.05) is 13.2 Å². The highest BCUT2D eigenvalue weighted by molar-refractivity contribution is 5.71. The van der Waals surface area contributed by atoms with Crippen LogP contribution in [0.1, 0.15) is 380 Å². The fourth-order valence-corrected chi connectivity index (χ4v) is 10.8. The van der Waals surface area contributed by atoms with Crippen LogP contribution >= 0.6 is 0 Å². The molecule has 0 aliphatic rings. The molecule has 0 aromatic carbocycles. The minimum Gasteiger partial charge on any atom is -0.462 e. The Bertz CT molecular complexity index is 1520. The summed E-state index contributed by atoms with van der Waals surface area (Å²) in [4.78, 5) is 38.4. The second-order valence-corrected chi connectivity index (χ2v) is 24.5. The molecule has 0 fully saturated rings. The third-order valence-corrected chi connectivity index (χ3v) is 16.2. The number of ether oxygens (including phenoxy) is 3. The van der Waals surface area contributed by atoms with E-state index in [9.17, 15) is 14.4 Å². The van der Waals surface area contributed by atoms with Crippen LogP contribution in [0, 0.1) is 0 Å². The molecule has 1 atom stereocenters. The molecule has 1 unspecified atom stereocenters. The zero-order valence-corrected chi connectivity index (χ0v) is 55.5. The highest BCUT2D eigenvalue weighted by Crippen LogP contribution is 2.18. The first-order valence-electron chi connectivity index (χ1n) is 36.4. The Morgan fingerprint density at radius 3 is 0.747 bits per heavy atom. The minimum absolute atomic E-state index is 0.0700. The first-order chi connectivity index (χ1) is 41.0. The van der Waals surface area contributed by atoms with Crippen molar-refractivity contribution in [3.63, 3.8) is 0 Å². The van der Waals surface area contributed by atoms with E-state index in [2.05, 4.69) is 93.7 Å². The average molecular weight is 1160 g/mol. The predicted molar refractivity (Wildman–Crippen MR) is 362 cm³/mol. The van der Waals surface area contributed by atoms with Crippen molar-refractivity contribution in [1.82, 2.24) is 0 Å². The van der Waals surface area contributed by atoms with E-state index in [4.69, 9.17) is 14.2 Å². The third-order valence-electron chi connectivity index (χ3n) is 16.2. The molecule has 482 valence electrons. The maximum atomic E-state index is 12.9. The topological polar surface area (TPSA) is 78.9 Å². The van der Waals surface area contributed by atoms with Crippen molar-refractivity contribution < 1.29 is 28.6 Å². The summed E-state index contributed by atoms with van der Waals surface area (Å²) in [5.41, 5.74) is 0. The normalized spacial score (nSPS) is 12.5. The Hall–Kier alpha value is -3.15. The van der Waals surface area contributed by atoms with Crippen LogP contribution in [0.25, 0.3) is 0 Å². The summed E-state index contributed by atoms with van der Waals surface area (Å²) in [6.45, 7) is 6.57. The zero-order valence-electron chi connectivity index (χ0n) is 55.5. The van der Waals surface area contributed by atoms with Crippen molar-refractivity contribution in [3.8, 4) is 0 Å². The van der Waals surface area contributed by atoms with Crippen LogP contribution in [0.5, 0.6) is 0 Å². The number of hydrogen-bond acceptors (Lipinski definition) is 6. The van der Waals surface area contributed by atoms with Gasteiger partial charge in [0.15, 0.2) is 6.10 Å². The molecule has 0 aliphatic heterocycles. The van der Waals surface area contributed by atoms with Gasteiger partial charge in [0.1, 0.15) is 13.2 Å². The maximum absolute atomic E-state index is 12.9. The molecular formula is C77H138O6. The van der Waals surface area contributed by atoms with Crippen molar-refractivity contribution in [1.29, 1.82) is 0 Å². The van der Waals surface area contributed by atoms with E-state index < -0.39 is 6.10 Å². The van der Waals surface area contributed by atoms with E-state index in [0.717, 1.165) is 89.9 Å². The third kappa shape index (κ3) is 69.5. The Kier molecular flexibility index (Phi) is 68.6. The molecule has 0 rings (SSSR count). The summed E-state index contributed by atoms with van der Waals surface area (Å²) in [5.74, 6) is -0.850. The standard InChI is InChI=1S/C77H138O6/c1-4-7-10-13-16-19-22-25-27-29-31-32-33-34-35-36-37-38-39-40-41-42-43-44-45-46-47-49-50-52-55-58-61-64-67-70-76(79)82-73-74(72-81-75(78)69-66-63-60-57-54-24-21-18-15-12-9-6-3)83-77(80)71-68-65-62-59-56-53-51-48-30-28-26-23-20-17-14-11-8-5-2/h7,10,16,19,25,27-28,30-32,34-35,74H,4-6,8-9,11-15,17-18,20-24,26,29,33,36-73H2,1-3H3/b10-7-,19-16-,27-25-,30-28-,32-31-,35-34-. The van der Waals surface area contributed by atoms with Crippen molar-refractivity contribution in [3.05, 3.63) is 72.9 Å². The van der Waals surface area contributed by atoms with Crippen LogP contribution in [0.4, 0.5) is 0 Å². The fraction of sp³-hybridized carbons (Fsp3) is 0.805. The van der Waals surface area contributed by atoms with Crippen molar-refractivity contribution in [2.24, 2.45) is 0 Å². The van der Waals surface area contributed by atoms with Crippen LogP contribution in [0.3, 0.4) is 0 Å². The van der Waals surface area contributed by atoms with Gasteiger partial charge in [0.2, 0.25) is 0 Å². The van der Waals surface area contributed by atoms with Gasteiger partial charge in [0.25, 0.3) is 0 Å². The Morgan fingerprint density at radius 1 is 0.253 bits per heavy atom. The maximum Gasteiger partial charge on any atom is 0.306 e. The predicted octanol–water partition coefficient (Wildman–Crippen LogP) is 25.2. The molecular weight excluding hydrogens is 1020 g/mol. The lowest BCUT2D eigenvalue weighted by molar-refractivity contribution is -0.167. The molecule has 0 N–H and O–H groups in total. The highest BCUT2D eigenvalue weighted by Gasteiger charge is 2.19. The molecule has 0 amide bonds. The van der Waals surface area contributed by atoms with Gasteiger partial charge >= 0.3 is 17.9 Å². The van der Waals surface area contributed by atoms with Gasteiger partial charge in [-0.2, -0.15) is 0 Å². The number of carbonyl (C=O) groups is 3. The van der Waals surface area contributed by atoms with Gasteiger partial charge in [-0.15, -0.1) is 0 Å². The monoisotopic (exact) mass is 1160 g/mol. The molecule has 0 bridgehead atoms. The van der Waals surface area contributed by atoms with Crippen LogP contribution < -0.4 is 0 Å². The van der Waals surface area contributed by atoms with Gasteiger partial charge in [0, 0.05) is 19.3 Å². The van der Waals surface area contributed by atoms with E-state index in [1.165, 1.54) is 250 Å².